The van der Waals surface area contributed by atoms with Gasteiger partial charge in [0.25, 0.3) is 0 Å². The standard InChI is InChI=1S/C13H21BN2O4/c1-13(2,3)20-12(17)10-19-7-6-18-5-4-16-9-11(14)8-15-16/h8-9H,4-7,10H2,1-3H3. The monoisotopic (exact) mass is 280 g/mol. The van der Waals surface area contributed by atoms with Gasteiger partial charge in [-0.2, -0.15) is 5.10 Å². The molecule has 6 nitrogen and oxygen atoms in total. The second-order valence-corrected chi connectivity index (χ2v) is 5.29. The summed E-state index contributed by atoms with van der Waals surface area (Å²) >= 11 is 0. The lowest BCUT2D eigenvalue weighted by atomic mass is 10.0. The zero-order chi connectivity index (χ0) is 15.0. The third-order valence-corrected chi connectivity index (χ3v) is 2.13. The Morgan fingerprint density at radius 2 is 2.00 bits per heavy atom. The highest BCUT2D eigenvalue weighted by Gasteiger charge is 2.15. The number of carbonyl (C=O) groups excluding carboxylic acids is 1. The molecule has 0 aliphatic carbocycles. The van der Waals surface area contributed by atoms with E-state index in [4.69, 9.17) is 22.1 Å². The number of hydrogen-bond acceptors (Lipinski definition) is 5. The molecule has 0 aromatic carbocycles. The van der Waals surface area contributed by atoms with Gasteiger partial charge in [-0.25, -0.2) is 4.79 Å². The van der Waals surface area contributed by atoms with Gasteiger partial charge in [0.05, 0.1) is 26.4 Å². The fourth-order valence-electron chi connectivity index (χ4n) is 1.41. The molecule has 2 radical (unpaired) electrons. The third kappa shape index (κ3) is 7.96. The molecule has 1 aromatic heterocycles. The lowest BCUT2D eigenvalue weighted by Crippen LogP contribution is -2.27. The van der Waals surface area contributed by atoms with Gasteiger partial charge in [0.15, 0.2) is 0 Å². The topological polar surface area (TPSA) is 62.6 Å². The Kier molecular flexibility index (Phi) is 6.74. The first-order chi connectivity index (χ1) is 9.37. The number of nitrogens with zero attached hydrogens (tertiary/aromatic N) is 2. The van der Waals surface area contributed by atoms with Crippen LogP contribution in [0.2, 0.25) is 0 Å². The molecule has 0 atom stereocenters. The van der Waals surface area contributed by atoms with Gasteiger partial charge in [-0.1, -0.05) is 5.46 Å². The van der Waals surface area contributed by atoms with Gasteiger partial charge in [0, 0.05) is 12.4 Å². The average molecular weight is 280 g/mol. The molecule has 0 saturated carbocycles. The van der Waals surface area contributed by atoms with Crippen LogP contribution in [0.15, 0.2) is 12.4 Å². The number of ether oxygens (including phenoxy) is 3. The van der Waals surface area contributed by atoms with Gasteiger partial charge < -0.3 is 14.2 Å². The van der Waals surface area contributed by atoms with Crippen LogP contribution in [-0.4, -0.2) is 55.6 Å². The van der Waals surface area contributed by atoms with E-state index in [0.717, 1.165) is 0 Å². The predicted molar refractivity (Wildman–Crippen MR) is 75.1 cm³/mol. The van der Waals surface area contributed by atoms with Gasteiger partial charge in [-0.05, 0) is 20.8 Å². The summed E-state index contributed by atoms with van der Waals surface area (Å²) in [6.07, 6.45) is 3.33. The minimum Gasteiger partial charge on any atom is -0.458 e. The second-order valence-electron chi connectivity index (χ2n) is 5.29. The molecule has 1 rings (SSSR count). The summed E-state index contributed by atoms with van der Waals surface area (Å²) in [7, 11) is 5.53. The van der Waals surface area contributed by atoms with Crippen molar-refractivity contribution in [1.29, 1.82) is 0 Å². The van der Waals surface area contributed by atoms with Gasteiger partial charge >= 0.3 is 5.97 Å². The van der Waals surface area contributed by atoms with Crippen LogP contribution in [0.5, 0.6) is 0 Å². The van der Waals surface area contributed by atoms with Crippen LogP contribution in [0.1, 0.15) is 20.8 Å². The molecular weight excluding hydrogens is 259 g/mol. The van der Waals surface area contributed by atoms with Crippen LogP contribution >= 0.6 is 0 Å². The molecular formula is C13H21BN2O4. The molecule has 0 N–H and O–H groups in total. The number of hydrogen-bond donors (Lipinski definition) is 0. The average Bonchev–Trinajstić information content (AvgIpc) is 2.71. The Bertz CT molecular complexity index is 415. The minimum absolute atomic E-state index is 0.0592. The maximum Gasteiger partial charge on any atom is 0.332 e. The normalized spacial score (nSPS) is 11.6. The van der Waals surface area contributed by atoms with E-state index in [9.17, 15) is 4.79 Å². The van der Waals surface area contributed by atoms with Crippen molar-refractivity contribution in [2.75, 3.05) is 26.4 Å². The summed E-state index contributed by atoms with van der Waals surface area (Å²) in [6.45, 7) is 7.29. The Morgan fingerprint density at radius 3 is 2.60 bits per heavy atom. The molecule has 1 heterocycles. The van der Waals surface area contributed by atoms with Crippen molar-refractivity contribution in [3.05, 3.63) is 12.4 Å². The van der Waals surface area contributed by atoms with Crippen LogP contribution in [0.3, 0.4) is 0 Å². The predicted octanol–water partition coefficient (Wildman–Crippen LogP) is 0.0518. The summed E-state index contributed by atoms with van der Waals surface area (Å²) in [5.41, 5.74) is 0.147. The smallest absolute Gasteiger partial charge is 0.332 e. The fraction of sp³-hybridized carbons (Fsp3) is 0.692. The van der Waals surface area contributed by atoms with Crippen molar-refractivity contribution in [3.63, 3.8) is 0 Å². The van der Waals surface area contributed by atoms with E-state index < -0.39 is 5.60 Å². The highest BCUT2D eigenvalue weighted by atomic mass is 16.6. The second kappa shape index (κ2) is 8.06. The Balaban J connectivity index is 1.96. The zero-order valence-electron chi connectivity index (χ0n) is 12.3. The first-order valence-electron chi connectivity index (χ1n) is 6.52. The molecule has 0 bridgehead atoms. The Morgan fingerprint density at radius 1 is 1.30 bits per heavy atom. The third-order valence-electron chi connectivity index (χ3n) is 2.13. The van der Waals surface area contributed by atoms with E-state index in [1.807, 2.05) is 20.8 Å². The van der Waals surface area contributed by atoms with E-state index in [2.05, 4.69) is 5.10 Å². The lowest BCUT2D eigenvalue weighted by molar-refractivity contribution is -0.160. The molecule has 110 valence electrons. The van der Waals surface area contributed by atoms with Crippen molar-refractivity contribution in [3.8, 4) is 0 Å². The highest BCUT2D eigenvalue weighted by Crippen LogP contribution is 2.06. The van der Waals surface area contributed by atoms with Crippen LogP contribution in [-0.2, 0) is 25.5 Å². The van der Waals surface area contributed by atoms with Crippen LogP contribution in [0.25, 0.3) is 0 Å². The molecule has 0 aliphatic rings. The first kappa shape index (κ1) is 16.7. The Hall–Kier alpha value is -1.34. The van der Waals surface area contributed by atoms with Gasteiger partial charge in [-0.15, -0.1) is 0 Å². The lowest BCUT2D eigenvalue weighted by Gasteiger charge is -2.19. The quantitative estimate of drug-likeness (QED) is 0.382. The van der Waals surface area contributed by atoms with Crippen molar-refractivity contribution in [1.82, 2.24) is 9.78 Å². The minimum atomic E-state index is -0.484. The van der Waals surface area contributed by atoms with Crippen molar-refractivity contribution < 1.29 is 19.0 Å². The van der Waals surface area contributed by atoms with Crippen molar-refractivity contribution >= 4 is 19.3 Å². The molecule has 20 heavy (non-hydrogen) atoms. The zero-order valence-corrected chi connectivity index (χ0v) is 12.3. The molecule has 0 spiro atoms. The van der Waals surface area contributed by atoms with Gasteiger partial charge in [-0.3, -0.25) is 4.68 Å². The first-order valence-corrected chi connectivity index (χ1v) is 6.52. The maximum absolute atomic E-state index is 11.3. The molecule has 0 unspecified atom stereocenters. The van der Waals surface area contributed by atoms with E-state index in [-0.39, 0.29) is 12.6 Å². The van der Waals surface area contributed by atoms with Gasteiger partial charge in [0.1, 0.15) is 20.1 Å². The van der Waals surface area contributed by atoms with E-state index in [1.165, 1.54) is 0 Å². The van der Waals surface area contributed by atoms with Gasteiger partial charge in [0.2, 0.25) is 0 Å². The van der Waals surface area contributed by atoms with Crippen molar-refractivity contribution in [2.24, 2.45) is 0 Å². The SMILES string of the molecule is [B]c1cnn(CCOCCOCC(=O)OC(C)(C)C)c1. The van der Waals surface area contributed by atoms with Crippen LogP contribution in [0, 0.1) is 0 Å². The van der Waals surface area contributed by atoms with Crippen LogP contribution < -0.4 is 5.46 Å². The van der Waals surface area contributed by atoms with Crippen molar-refractivity contribution in [2.45, 2.75) is 32.9 Å². The summed E-state index contributed by atoms with van der Waals surface area (Å²) in [6, 6.07) is 0. The number of rotatable bonds is 8. The molecule has 7 heteroatoms. The van der Waals surface area contributed by atoms with E-state index in [0.29, 0.717) is 31.8 Å². The Labute approximate surface area is 120 Å². The van der Waals surface area contributed by atoms with Crippen LogP contribution in [0.4, 0.5) is 0 Å². The summed E-state index contributed by atoms with van der Waals surface area (Å²) in [5, 5.41) is 4.03. The van der Waals surface area contributed by atoms with E-state index >= 15 is 0 Å². The molecule has 0 amide bonds. The molecule has 0 fully saturated rings. The summed E-state index contributed by atoms with van der Waals surface area (Å²) in [5.74, 6) is -0.371. The summed E-state index contributed by atoms with van der Waals surface area (Å²) < 4.78 is 17.3. The molecule has 0 saturated heterocycles. The molecule has 0 aliphatic heterocycles. The summed E-state index contributed by atoms with van der Waals surface area (Å²) in [4.78, 5) is 11.3. The number of esters is 1. The highest BCUT2D eigenvalue weighted by molar-refractivity contribution is 6.31. The largest absolute Gasteiger partial charge is 0.458 e. The number of carbonyl (C=O) groups is 1. The molecule has 1 aromatic rings. The van der Waals surface area contributed by atoms with E-state index in [1.54, 1.807) is 17.1 Å². The fourth-order valence-corrected chi connectivity index (χ4v) is 1.41. The number of aromatic nitrogens is 2. The maximum atomic E-state index is 11.3.